The highest BCUT2D eigenvalue weighted by atomic mass is 35.5. The minimum Gasteiger partial charge on any atom is -0.345 e. The lowest BCUT2D eigenvalue weighted by Gasteiger charge is -2.35. The number of alkyl halides is 1. The lowest BCUT2D eigenvalue weighted by Crippen LogP contribution is -2.50. The molecule has 1 aromatic heterocycles. The number of hydrogen-bond acceptors (Lipinski definition) is 2. The first kappa shape index (κ1) is 27.3. The molecule has 0 bridgehead atoms. The van der Waals surface area contributed by atoms with E-state index in [2.05, 4.69) is 18.4 Å². The first-order valence-electron chi connectivity index (χ1n) is 11.5. The Labute approximate surface area is 208 Å². The topological polar surface area (TPSA) is 45.6 Å². The van der Waals surface area contributed by atoms with Crippen LogP contribution in [0.5, 0.6) is 0 Å². The van der Waals surface area contributed by atoms with E-state index >= 15 is 0 Å². The first-order chi connectivity index (χ1) is 15.5. The van der Waals surface area contributed by atoms with E-state index in [0.29, 0.717) is 25.6 Å². The Morgan fingerprint density at radius 2 is 1.73 bits per heavy atom. The van der Waals surface area contributed by atoms with E-state index in [0.717, 1.165) is 16.3 Å². The van der Waals surface area contributed by atoms with Crippen LogP contribution in [0.2, 0.25) is 5.02 Å². The van der Waals surface area contributed by atoms with Crippen LogP contribution < -0.4 is 0 Å². The van der Waals surface area contributed by atoms with Crippen LogP contribution in [-0.2, 0) is 22.7 Å². The zero-order valence-electron chi connectivity index (χ0n) is 20.6. The lowest BCUT2D eigenvalue weighted by molar-refractivity contribution is -0.147. The highest BCUT2D eigenvalue weighted by Crippen LogP contribution is 2.23. The molecule has 0 unspecified atom stereocenters. The minimum atomic E-state index is -0.724. The zero-order valence-corrected chi connectivity index (χ0v) is 22.2. The molecule has 182 valence electrons. The normalized spacial score (nSPS) is 11.8. The number of aromatic nitrogens is 1. The average Bonchev–Trinajstić information content (AvgIpc) is 3.18. The number of rotatable bonds is 11. The summed E-state index contributed by atoms with van der Waals surface area (Å²) >= 11 is 12.4. The van der Waals surface area contributed by atoms with E-state index in [-0.39, 0.29) is 30.3 Å². The van der Waals surface area contributed by atoms with E-state index in [9.17, 15) is 9.59 Å². The van der Waals surface area contributed by atoms with Crippen LogP contribution in [0, 0.1) is 11.3 Å². The van der Waals surface area contributed by atoms with Gasteiger partial charge in [0, 0.05) is 41.9 Å². The summed E-state index contributed by atoms with van der Waals surface area (Å²) < 4.78 is 2.11. The summed E-state index contributed by atoms with van der Waals surface area (Å²) in [5, 5.41) is 0.722. The first-order valence-corrected chi connectivity index (χ1v) is 12.4. The minimum absolute atomic E-state index is 0.0365. The van der Waals surface area contributed by atoms with Crippen molar-refractivity contribution < 1.29 is 9.59 Å². The van der Waals surface area contributed by atoms with Gasteiger partial charge in [-0.15, -0.1) is 11.6 Å². The van der Waals surface area contributed by atoms with Gasteiger partial charge in [-0.1, -0.05) is 43.6 Å². The second-order valence-electron chi connectivity index (χ2n) is 9.93. The van der Waals surface area contributed by atoms with Crippen molar-refractivity contribution in [3.8, 4) is 0 Å². The van der Waals surface area contributed by atoms with E-state index in [1.165, 1.54) is 0 Å². The van der Waals surface area contributed by atoms with Crippen molar-refractivity contribution in [2.45, 2.75) is 60.7 Å². The van der Waals surface area contributed by atoms with Crippen molar-refractivity contribution in [2.75, 3.05) is 19.0 Å². The predicted molar refractivity (Wildman–Crippen MR) is 137 cm³/mol. The van der Waals surface area contributed by atoms with Gasteiger partial charge in [-0.05, 0) is 57.4 Å². The molecule has 2 rings (SSSR count). The summed E-state index contributed by atoms with van der Waals surface area (Å²) in [6.45, 7) is 13.4. The van der Waals surface area contributed by atoms with Crippen LogP contribution in [0.1, 0.15) is 52.8 Å². The van der Waals surface area contributed by atoms with Gasteiger partial charge in [0.2, 0.25) is 11.8 Å². The van der Waals surface area contributed by atoms with Crippen LogP contribution in [0.4, 0.5) is 0 Å². The van der Waals surface area contributed by atoms with Crippen molar-refractivity contribution >= 4 is 35.0 Å². The van der Waals surface area contributed by atoms with Gasteiger partial charge in [0.15, 0.2) is 0 Å². The molecule has 2 aromatic rings. The molecule has 0 saturated heterocycles. The van der Waals surface area contributed by atoms with Crippen LogP contribution in [0.15, 0.2) is 42.6 Å². The molecule has 5 nitrogen and oxygen atoms in total. The molecular weight excluding hydrogens is 457 g/mol. The Morgan fingerprint density at radius 1 is 1.06 bits per heavy atom. The second kappa shape index (κ2) is 11.9. The predicted octanol–water partition coefficient (Wildman–Crippen LogP) is 5.68. The second-order valence-corrected chi connectivity index (χ2v) is 10.6. The van der Waals surface area contributed by atoms with Gasteiger partial charge >= 0.3 is 0 Å². The van der Waals surface area contributed by atoms with Gasteiger partial charge in [0.1, 0.15) is 6.54 Å². The van der Waals surface area contributed by atoms with Gasteiger partial charge in [0.05, 0.1) is 12.0 Å². The maximum absolute atomic E-state index is 13.4. The highest BCUT2D eigenvalue weighted by Gasteiger charge is 2.34. The van der Waals surface area contributed by atoms with Crippen molar-refractivity contribution in [2.24, 2.45) is 11.3 Å². The zero-order chi connectivity index (χ0) is 24.8. The Balaban J connectivity index is 2.23. The maximum Gasteiger partial charge on any atom is 0.242 e. The molecule has 0 spiro atoms. The molecule has 0 N–H and O–H groups in total. The quantitative estimate of drug-likeness (QED) is 0.378. The number of benzene rings is 1. The fraction of sp³-hybridized carbons (Fsp3) is 0.538. The van der Waals surface area contributed by atoms with Gasteiger partial charge in [-0.3, -0.25) is 9.59 Å². The number of halogens is 2. The van der Waals surface area contributed by atoms with E-state index in [4.69, 9.17) is 23.2 Å². The Kier molecular flexibility index (Phi) is 9.86. The van der Waals surface area contributed by atoms with E-state index in [1.807, 2.05) is 75.2 Å². The molecule has 0 aliphatic heterocycles. The lowest BCUT2D eigenvalue weighted by atomic mass is 9.93. The molecule has 0 atom stereocenters. The largest absolute Gasteiger partial charge is 0.345 e. The summed E-state index contributed by atoms with van der Waals surface area (Å²) in [6, 6.07) is 11.7. The third-order valence-electron chi connectivity index (χ3n) is 5.62. The molecule has 1 aromatic carbocycles. The summed E-state index contributed by atoms with van der Waals surface area (Å²) in [4.78, 5) is 30.0. The number of hydrogen-bond donors (Lipinski definition) is 0. The molecular formula is C26H37Cl2N3O2. The van der Waals surface area contributed by atoms with Crippen molar-refractivity contribution in [3.63, 3.8) is 0 Å². The fourth-order valence-corrected chi connectivity index (χ4v) is 3.94. The van der Waals surface area contributed by atoms with Crippen molar-refractivity contribution in [1.82, 2.24) is 14.4 Å². The van der Waals surface area contributed by atoms with Crippen LogP contribution >= 0.6 is 23.2 Å². The molecule has 0 radical (unpaired) electrons. The van der Waals surface area contributed by atoms with Gasteiger partial charge < -0.3 is 14.4 Å². The molecule has 0 aliphatic rings. The van der Waals surface area contributed by atoms with Gasteiger partial charge in [-0.2, -0.15) is 0 Å². The molecule has 1 heterocycles. The monoisotopic (exact) mass is 493 g/mol. The van der Waals surface area contributed by atoms with Gasteiger partial charge in [-0.25, -0.2) is 0 Å². The molecule has 33 heavy (non-hydrogen) atoms. The molecule has 0 fully saturated rings. The standard InChI is InChI=1S/C26H37Cl2N3O2/c1-19(2)14-30(24(32)17-31(20(3)4)25(33)26(5,6)18-27)16-22-11-9-13-29(22)15-21-10-7-8-12-23(21)28/h7-13,19-20H,14-18H2,1-6H3. The maximum atomic E-state index is 13.4. The third-order valence-corrected chi connectivity index (χ3v) is 6.65. The summed E-state index contributed by atoms with van der Waals surface area (Å²) in [5.74, 6) is 0.326. The van der Waals surface area contributed by atoms with Crippen molar-refractivity contribution in [3.05, 3.63) is 58.9 Å². The summed E-state index contributed by atoms with van der Waals surface area (Å²) in [7, 11) is 0. The smallest absolute Gasteiger partial charge is 0.242 e. The van der Waals surface area contributed by atoms with Crippen LogP contribution in [0.3, 0.4) is 0 Å². The number of nitrogens with zero attached hydrogens (tertiary/aromatic N) is 3. The van der Waals surface area contributed by atoms with Crippen LogP contribution in [-0.4, -0.2) is 51.2 Å². The van der Waals surface area contributed by atoms with Gasteiger partial charge in [0.25, 0.3) is 0 Å². The van der Waals surface area contributed by atoms with E-state index in [1.54, 1.807) is 4.90 Å². The Hall–Kier alpha value is -1.98. The summed E-state index contributed by atoms with van der Waals surface area (Å²) in [6.07, 6.45) is 2.00. The molecule has 0 saturated carbocycles. The molecule has 7 heteroatoms. The SMILES string of the molecule is CC(C)CN(Cc1cccn1Cc1ccccc1Cl)C(=O)CN(C(=O)C(C)(C)CCl)C(C)C. The number of carbonyl (C=O) groups excluding carboxylic acids is 2. The van der Waals surface area contributed by atoms with E-state index < -0.39 is 5.41 Å². The Bertz CT molecular complexity index is 937. The highest BCUT2D eigenvalue weighted by molar-refractivity contribution is 6.31. The van der Waals surface area contributed by atoms with Crippen molar-refractivity contribution in [1.29, 1.82) is 0 Å². The average molecular weight is 495 g/mol. The number of amides is 2. The Morgan fingerprint density at radius 3 is 2.30 bits per heavy atom. The van der Waals surface area contributed by atoms with Crippen LogP contribution in [0.25, 0.3) is 0 Å². The summed E-state index contributed by atoms with van der Waals surface area (Å²) in [5.41, 5.74) is 1.32. The third kappa shape index (κ3) is 7.51. The number of carbonyl (C=O) groups is 2. The fourth-order valence-electron chi connectivity index (χ4n) is 3.63. The molecule has 0 aliphatic carbocycles. The molecule has 2 amide bonds.